The first-order chi connectivity index (χ1) is 7.07. The van der Waals surface area contributed by atoms with Crippen LogP contribution in [0.1, 0.15) is 33.1 Å². The molecule has 0 aliphatic carbocycles. The number of hydrogen-bond donors (Lipinski definition) is 1. The van der Waals surface area contributed by atoms with Gasteiger partial charge in [-0.15, -0.1) is 0 Å². The lowest BCUT2D eigenvalue weighted by Crippen LogP contribution is -2.47. The zero-order valence-electron chi connectivity index (χ0n) is 10.5. The second kappa shape index (κ2) is 5.83. The van der Waals surface area contributed by atoms with Crippen LogP contribution in [0.15, 0.2) is 0 Å². The summed E-state index contributed by atoms with van der Waals surface area (Å²) in [5, 5.41) is 0. The van der Waals surface area contributed by atoms with Gasteiger partial charge in [-0.3, -0.25) is 0 Å². The largest absolute Gasteiger partial charge is 0.384 e. The lowest BCUT2D eigenvalue weighted by Gasteiger charge is -2.29. The summed E-state index contributed by atoms with van der Waals surface area (Å²) in [5.74, 6) is 0.715. The molecule has 0 radical (unpaired) electrons. The number of rotatable bonds is 6. The van der Waals surface area contributed by atoms with Gasteiger partial charge in [-0.25, -0.2) is 0 Å². The number of nitrogens with zero attached hydrogens (tertiary/aromatic N) is 1. The molecule has 1 rings (SSSR count). The molecule has 0 spiro atoms. The van der Waals surface area contributed by atoms with Crippen molar-refractivity contribution >= 4 is 0 Å². The maximum atomic E-state index is 6.25. The van der Waals surface area contributed by atoms with Crippen LogP contribution >= 0.6 is 0 Å². The standard InChI is InChI=1S/C12H26N2O/c1-4-6-12(2,13)10-14-7-5-11(8-14)9-15-3/h11H,4-10,13H2,1-3H3. The molecule has 0 aromatic heterocycles. The molecule has 90 valence electrons. The first-order valence-electron chi connectivity index (χ1n) is 6.07. The van der Waals surface area contributed by atoms with Crippen LogP contribution in [0.4, 0.5) is 0 Å². The van der Waals surface area contributed by atoms with Crippen molar-refractivity contribution in [1.29, 1.82) is 0 Å². The number of ether oxygens (including phenoxy) is 1. The van der Waals surface area contributed by atoms with Crippen LogP contribution in [0.5, 0.6) is 0 Å². The van der Waals surface area contributed by atoms with Crippen LogP contribution in [0, 0.1) is 5.92 Å². The fraction of sp³-hybridized carbons (Fsp3) is 1.00. The number of hydrogen-bond acceptors (Lipinski definition) is 3. The van der Waals surface area contributed by atoms with Crippen molar-refractivity contribution < 1.29 is 4.74 Å². The first-order valence-corrected chi connectivity index (χ1v) is 6.07. The number of methoxy groups -OCH3 is 1. The maximum Gasteiger partial charge on any atom is 0.0503 e. The third kappa shape index (κ3) is 4.49. The summed E-state index contributed by atoms with van der Waals surface area (Å²) in [4.78, 5) is 2.49. The van der Waals surface area contributed by atoms with Gasteiger partial charge >= 0.3 is 0 Å². The minimum atomic E-state index is -0.0172. The van der Waals surface area contributed by atoms with Crippen LogP contribution in [0.2, 0.25) is 0 Å². The highest BCUT2D eigenvalue weighted by atomic mass is 16.5. The molecule has 2 unspecified atom stereocenters. The summed E-state index contributed by atoms with van der Waals surface area (Å²) in [6.07, 6.45) is 3.54. The fourth-order valence-corrected chi connectivity index (χ4v) is 2.59. The van der Waals surface area contributed by atoms with E-state index in [0.29, 0.717) is 5.92 Å². The Morgan fingerprint density at radius 1 is 1.53 bits per heavy atom. The van der Waals surface area contributed by atoms with E-state index in [1.54, 1.807) is 7.11 Å². The molecule has 1 aliphatic rings. The summed E-state index contributed by atoms with van der Waals surface area (Å²) in [7, 11) is 1.78. The Bertz CT molecular complexity index is 182. The Morgan fingerprint density at radius 2 is 2.27 bits per heavy atom. The third-order valence-corrected chi connectivity index (χ3v) is 3.18. The molecule has 15 heavy (non-hydrogen) atoms. The number of likely N-dealkylation sites (tertiary alicyclic amines) is 1. The van der Waals surface area contributed by atoms with Crippen LogP contribution in [-0.4, -0.2) is 43.8 Å². The van der Waals surface area contributed by atoms with E-state index in [4.69, 9.17) is 10.5 Å². The van der Waals surface area contributed by atoms with Gasteiger partial charge in [-0.05, 0) is 32.2 Å². The van der Waals surface area contributed by atoms with Crippen molar-refractivity contribution in [3.05, 3.63) is 0 Å². The van der Waals surface area contributed by atoms with Gasteiger partial charge in [-0.1, -0.05) is 13.3 Å². The van der Waals surface area contributed by atoms with Gasteiger partial charge in [0.25, 0.3) is 0 Å². The van der Waals surface area contributed by atoms with Gasteiger partial charge in [0.15, 0.2) is 0 Å². The van der Waals surface area contributed by atoms with Crippen molar-refractivity contribution in [2.75, 3.05) is 33.4 Å². The van der Waals surface area contributed by atoms with Crippen LogP contribution in [-0.2, 0) is 4.74 Å². The fourth-order valence-electron chi connectivity index (χ4n) is 2.59. The monoisotopic (exact) mass is 214 g/mol. The highest BCUT2D eigenvalue weighted by Crippen LogP contribution is 2.19. The van der Waals surface area contributed by atoms with Gasteiger partial charge in [0.05, 0.1) is 6.61 Å². The highest BCUT2D eigenvalue weighted by Gasteiger charge is 2.27. The quantitative estimate of drug-likeness (QED) is 0.728. The first kappa shape index (κ1) is 12.9. The molecule has 0 aromatic carbocycles. The molecule has 3 heteroatoms. The summed E-state index contributed by atoms with van der Waals surface area (Å²) < 4.78 is 5.19. The Morgan fingerprint density at radius 3 is 2.87 bits per heavy atom. The van der Waals surface area contributed by atoms with Crippen molar-refractivity contribution in [3.63, 3.8) is 0 Å². The summed E-state index contributed by atoms with van der Waals surface area (Å²) in [5.41, 5.74) is 6.24. The molecule has 1 fully saturated rings. The van der Waals surface area contributed by atoms with Crippen molar-refractivity contribution in [2.45, 2.75) is 38.6 Å². The van der Waals surface area contributed by atoms with E-state index in [-0.39, 0.29) is 5.54 Å². The van der Waals surface area contributed by atoms with E-state index < -0.39 is 0 Å². The van der Waals surface area contributed by atoms with E-state index in [9.17, 15) is 0 Å². The molecule has 2 atom stereocenters. The topological polar surface area (TPSA) is 38.5 Å². The van der Waals surface area contributed by atoms with Crippen molar-refractivity contribution in [2.24, 2.45) is 11.7 Å². The summed E-state index contributed by atoms with van der Waals surface area (Å²) in [6.45, 7) is 8.63. The second-order valence-corrected chi connectivity index (χ2v) is 5.25. The second-order valence-electron chi connectivity index (χ2n) is 5.25. The Labute approximate surface area is 94.0 Å². The van der Waals surface area contributed by atoms with E-state index in [0.717, 1.165) is 26.1 Å². The molecule has 0 saturated carbocycles. The van der Waals surface area contributed by atoms with Crippen LogP contribution in [0.3, 0.4) is 0 Å². The molecule has 0 bridgehead atoms. The molecule has 3 nitrogen and oxygen atoms in total. The van der Waals surface area contributed by atoms with Gasteiger partial charge < -0.3 is 15.4 Å². The van der Waals surface area contributed by atoms with Crippen LogP contribution in [0.25, 0.3) is 0 Å². The average molecular weight is 214 g/mol. The van der Waals surface area contributed by atoms with E-state index >= 15 is 0 Å². The Hall–Kier alpha value is -0.120. The van der Waals surface area contributed by atoms with Crippen molar-refractivity contribution in [1.82, 2.24) is 4.90 Å². The van der Waals surface area contributed by atoms with Gasteiger partial charge in [0.2, 0.25) is 0 Å². The minimum absolute atomic E-state index is 0.0172. The average Bonchev–Trinajstić information content (AvgIpc) is 2.52. The highest BCUT2D eigenvalue weighted by molar-refractivity contribution is 4.86. The summed E-state index contributed by atoms with van der Waals surface area (Å²) in [6, 6.07) is 0. The molecule has 0 aromatic rings. The molecule has 1 aliphatic heterocycles. The maximum absolute atomic E-state index is 6.25. The molecular formula is C12H26N2O. The Kier molecular flexibility index (Phi) is 5.03. The predicted molar refractivity (Wildman–Crippen MR) is 63.9 cm³/mol. The zero-order chi connectivity index (χ0) is 11.3. The molecule has 1 saturated heterocycles. The van der Waals surface area contributed by atoms with Gasteiger partial charge in [-0.2, -0.15) is 0 Å². The third-order valence-electron chi connectivity index (χ3n) is 3.18. The molecule has 1 heterocycles. The van der Waals surface area contributed by atoms with Crippen LogP contribution < -0.4 is 5.73 Å². The number of nitrogens with two attached hydrogens (primary N) is 1. The smallest absolute Gasteiger partial charge is 0.0503 e. The predicted octanol–water partition coefficient (Wildman–Crippen LogP) is 1.47. The van der Waals surface area contributed by atoms with Gasteiger partial charge in [0.1, 0.15) is 0 Å². The SMILES string of the molecule is CCCC(C)(N)CN1CCC(COC)C1. The zero-order valence-corrected chi connectivity index (χ0v) is 10.5. The summed E-state index contributed by atoms with van der Waals surface area (Å²) >= 11 is 0. The molecule has 0 amide bonds. The molecule has 2 N–H and O–H groups in total. The van der Waals surface area contributed by atoms with E-state index in [2.05, 4.69) is 18.7 Å². The normalized spacial score (nSPS) is 26.8. The molecular weight excluding hydrogens is 188 g/mol. The van der Waals surface area contributed by atoms with Crippen molar-refractivity contribution in [3.8, 4) is 0 Å². The lowest BCUT2D eigenvalue weighted by molar-refractivity contribution is 0.149. The van der Waals surface area contributed by atoms with E-state index in [1.807, 2.05) is 0 Å². The van der Waals surface area contributed by atoms with Gasteiger partial charge in [0, 0.05) is 25.7 Å². The Balaban J connectivity index is 2.28. The van der Waals surface area contributed by atoms with E-state index in [1.165, 1.54) is 19.4 Å². The lowest BCUT2D eigenvalue weighted by atomic mass is 9.97. The minimum Gasteiger partial charge on any atom is -0.384 e.